The zero-order valence-electron chi connectivity index (χ0n) is 19.1. The maximum absolute atomic E-state index is 13.1. The van der Waals surface area contributed by atoms with E-state index in [1.165, 1.54) is 6.20 Å². The Morgan fingerprint density at radius 3 is 2.50 bits per heavy atom. The number of aromatic nitrogens is 4. The van der Waals surface area contributed by atoms with Crippen molar-refractivity contribution >= 4 is 28.9 Å². The molecule has 2 aromatic heterocycles. The molecule has 0 atom stereocenters. The number of rotatable bonds is 8. The number of ether oxygens (including phenoxy) is 1. The highest BCUT2D eigenvalue weighted by molar-refractivity contribution is 7.15. The summed E-state index contributed by atoms with van der Waals surface area (Å²) in [5.41, 5.74) is -0.313. The molecule has 1 fully saturated rings. The lowest BCUT2D eigenvalue weighted by atomic mass is 9.83. The molecule has 0 amide bonds. The minimum Gasteiger partial charge on any atom is -0.477 e. The Morgan fingerprint density at radius 2 is 1.88 bits per heavy atom. The number of nitrogens with zero attached hydrogens (tertiary/aromatic N) is 4. The number of carboxylic acids is 1. The Balaban J connectivity index is 1.54. The minimum atomic E-state index is -1.06. The zero-order valence-corrected chi connectivity index (χ0v) is 19.9. The van der Waals surface area contributed by atoms with Gasteiger partial charge >= 0.3 is 17.3 Å². The number of thiazole rings is 1. The number of anilines is 2. The van der Waals surface area contributed by atoms with Crippen LogP contribution in [0.3, 0.4) is 0 Å². The Morgan fingerprint density at radius 1 is 1.18 bits per heavy atom. The molecule has 2 heterocycles. The minimum absolute atomic E-state index is 0.0894. The number of carboxylic acid groups (broad SMARTS) is 1. The maximum Gasteiger partial charge on any atom is 0.354 e. The number of aromatic carboxylic acids is 1. The van der Waals surface area contributed by atoms with Gasteiger partial charge in [-0.1, -0.05) is 31.1 Å². The fourth-order valence-electron chi connectivity index (χ4n) is 4.07. The van der Waals surface area contributed by atoms with Gasteiger partial charge in [0, 0.05) is 18.8 Å². The standard InChI is InChI=1S/C23H27N5O5S/c1-3-27-21(31)26-20(28(23(27)32)13-15-6-4-14(2)5-7-15)25-16-8-10-17(11-9-16)33-22-24-12-18(34-22)19(29)30/h8-12,14-15H,3-7,13H2,1-2H3,(H,29,30)(H,25,26,31). The van der Waals surface area contributed by atoms with Crippen LogP contribution in [0.1, 0.15) is 49.2 Å². The topological polar surface area (TPSA) is 128 Å². The van der Waals surface area contributed by atoms with E-state index in [4.69, 9.17) is 9.84 Å². The Kier molecular flexibility index (Phi) is 7.11. The fraction of sp³-hybridized carbons (Fsp3) is 0.435. The Bertz CT molecular complexity index is 1270. The highest BCUT2D eigenvalue weighted by atomic mass is 32.1. The summed E-state index contributed by atoms with van der Waals surface area (Å²) in [6, 6.07) is 6.82. The van der Waals surface area contributed by atoms with Crippen molar-refractivity contribution in [3.05, 3.63) is 56.3 Å². The molecule has 0 bridgehead atoms. The zero-order chi connectivity index (χ0) is 24.2. The summed E-state index contributed by atoms with van der Waals surface area (Å²) in [5, 5.41) is 12.3. The summed E-state index contributed by atoms with van der Waals surface area (Å²) in [4.78, 5) is 44.6. The van der Waals surface area contributed by atoms with E-state index in [0.717, 1.165) is 41.6 Å². The van der Waals surface area contributed by atoms with Crippen LogP contribution in [0, 0.1) is 11.8 Å². The molecule has 1 saturated carbocycles. The number of benzene rings is 1. The molecule has 180 valence electrons. The molecule has 0 aliphatic heterocycles. The molecular formula is C23H27N5O5S. The molecule has 2 N–H and O–H groups in total. The van der Waals surface area contributed by atoms with Gasteiger partial charge in [0.05, 0.1) is 6.20 Å². The lowest BCUT2D eigenvalue weighted by molar-refractivity contribution is 0.0702. The molecule has 3 aromatic rings. The maximum atomic E-state index is 13.1. The van der Waals surface area contributed by atoms with Crippen LogP contribution in [-0.4, -0.2) is 30.2 Å². The van der Waals surface area contributed by atoms with Gasteiger partial charge in [-0.2, -0.15) is 4.98 Å². The largest absolute Gasteiger partial charge is 0.477 e. The van der Waals surface area contributed by atoms with E-state index >= 15 is 0 Å². The first kappa shape index (κ1) is 23.7. The normalized spacial score (nSPS) is 17.9. The summed E-state index contributed by atoms with van der Waals surface area (Å²) >= 11 is 0.934. The summed E-state index contributed by atoms with van der Waals surface area (Å²) in [6.45, 7) is 4.78. The van der Waals surface area contributed by atoms with Crippen LogP contribution in [0.2, 0.25) is 0 Å². The van der Waals surface area contributed by atoms with Crippen molar-refractivity contribution in [2.24, 2.45) is 11.8 Å². The molecule has 0 radical (unpaired) electrons. The number of hydrogen-bond acceptors (Lipinski definition) is 8. The van der Waals surface area contributed by atoms with E-state index in [0.29, 0.717) is 29.8 Å². The summed E-state index contributed by atoms with van der Waals surface area (Å²) < 4.78 is 8.32. The third-order valence-corrected chi connectivity index (χ3v) is 6.92. The number of nitrogens with one attached hydrogen (secondary N) is 1. The second-order valence-electron chi connectivity index (χ2n) is 8.53. The highest BCUT2D eigenvalue weighted by Gasteiger charge is 2.22. The summed E-state index contributed by atoms with van der Waals surface area (Å²) in [6.07, 6.45) is 5.61. The first-order valence-corrected chi connectivity index (χ1v) is 12.1. The third-order valence-electron chi connectivity index (χ3n) is 6.05. The quantitative estimate of drug-likeness (QED) is 0.491. The molecule has 4 rings (SSSR count). The van der Waals surface area contributed by atoms with Crippen LogP contribution in [-0.2, 0) is 13.1 Å². The average molecular weight is 486 g/mol. The van der Waals surface area contributed by atoms with Crippen LogP contribution < -0.4 is 21.4 Å². The van der Waals surface area contributed by atoms with Gasteiger partial charge in [0.15, 0.2) is 0 Å². The first-order valence-electron chi connectivity index (χ1n) is 11.3. The Hall–Kier alpha value is -3.47. The molecule has 0 spiro atoms. The van der Waals surface area contributed by atoms with Gasteiger partial charge in [-0.05, 0) is 55.9 Å². The molecule has 34 heavy (non-hydrogen) atoms. The number of hydrogen-bond donors (Lipinski definition) is 2. The van der Waals surface area contributed by atoms with Crippen molar-refractivity contribution < 1.29 is 14.6 Å². The lowest BCUT2D eigenvalue weighted by Gasteiger charge is -2.27. The molecule has 11 heteroatoms. The smallest absolute Gasteiger partial charge is 0.354 e. The molecular weight excluding hydrogens is 458 g/mol. The van der Waals surface area contributed by atoms with Crippen LogP contribution in [0.4, 0.5) is 11.6 Å². The SMILES string of the molecule is CCn1c(=O)nc(Nc2ccc(Oc3ncc(C(=O)O)s3)cc2)n(CC2CCC(C)CC2)c1=O. The van der Waals surface area contributed by atoms with Crippen LogP contribution in [0.15, 0.2) is 40.1 Å². The van der Waals surface area contributed by atoms with Crippen molar-refractivity contribution in [3.8, 4) is 10.9 Å². The molecule has 10 nitrogen and oxygen atoms in total. The van der Waals surface area contributed by atoms with E-state index < -0.39 is 11.7 Å². The van der Waals surface area contributed by atoms with E-state index in [-0.39, 0.29) is 28.3 Å². The van der Waals surface area contributed by atoms with Crippen LogP contribution >= 0.6 is 11.3 Å². The average Bonchev–Trinajstić information content (AvgIpc) is 3.28. The predicted octanol–water partition coefficient (Wildman–Crippen LogP) is 3.94. The van der Waals surface area contributed by atoms with Crippen molar-refractivity contribution in [2.75, 3.05) is 5.32 Å². The monoisotopic (exact) mass is 485 g/mol. The van der Waals surface area contributed by atoms with Crippen molar-refractivity contribution in [2.45, 2.75) is 52.6 Å². The van der Waals surface area contributed by atoms with Gasteiger partial charge in [-0.15, -0.1) is 0 Å². The van der Waals surface area contributed by atoms with Crippen molar-refractivity contribution in [1.29, 1.82) is 0 Å². The first-order chi connectivity index (χ1) is 16.3. The van der Waals surface area contributed by atoms with E-state index in [9.17, 15) is 14.4 Å². The molecule has 1 aromatic carbocycles. The van der Waals surface area contributed by atoms with Crippen LogP contribution in [0.25, 0.3) is 0 Å². The summed E-state index contributed by atoms with van der Waals surface area (Å²) in [7, 11) is 0. The van der Waals surface area contributed by atoms with E-state index in [1.807, 2.05) is 0 Å². The van der Waals surface area contributed by atoms with E-state index in [2.05, 4.69) is 22.2 Å². The van der Waals surface area contributed by atoms with Gasteiger partial charge in [0.1, 0.15) is 10.6 Å². The lowest BCUT2D eigenvalue weighted by Crippen LogP contribution is -2.43. The second kappa shape index (κ2) is 10.2. The highest BCUT2D eigenvalue weighted by Crippen LogP contribution is 2.30. The fourth-order valence-corrected chi connectivity index (χ4v) is 4.69. The molecule has 0 unspecified atom stereocenters. The van der Waals surface area contributed by atoms with Gasteiger partial charge < -0.3 is 15.2 Å². The molecule has 1 aliphatic rings. The Labute approximate surface area is 199 Å². The summed E-state index contributed by atoms with van der Waals surface area (Å²) in [5.74, 6) is 0.703. The number of carbonyl (C=O) groups is 1. The van der Waals surface area contributed by atoms with Gasteiger partial charge in [0.2, 0.25) is 5.95 Å². The van der Waals surface area contributed by atoms with Gasteiger partial charge in [-0.25, -0.2) is 23.9 Å². The van der Waals surface area contributed by atoms with Gasteiger partial charge in [0.25, 0.3) is 5.19 Å². The molecule has 1 aliphatic carbocycles. The van der Waals surface area contributed by atoms with Gasteiger partial charge in [-0.3, -0.25) is 4.57 Å². The molecule has 0 saturated heterocycles. The van der Waals surface area contributed by atoms with Crippen LogP contribution in [0.5, 0.6) is 10.9 Å². The van der Waals surface area contributed by atoms with Crippen molar-refractivity contribution in [3.63, 3.8) is 0 Å². The second-order valence-corrected chi connectivity index (χ2v) is 9.52. The van der Waals surface area contributed by atoms with Crippen molar-refractivity contribution in [1.82, 2.24) is 19.1 Å². The third kappa shape index (κ3) is 5.36. The van der Waals surface area contributed by atoms with E-state index in [1.54, 1.807) is 35.8 Å². The predicted molar refractivity (Wildman–Crippen MR) is 128 cm³/mol.